The van der Waals surface area contributed by atoms with Gasteiger partial charge in [0.1, 0.15) is 38.0 Å². The Balaban J connectivity index is 1.02. The number of anilines is 6. The largest absolute Gasteiger partial charge is 0.456 e. The van der Waals surface area contributed by atoms with Crippen LogP contribution in [0, 0.1) is 0 Å². The SMILES string of the molecule is c1csc(N(c2ccc3c(c2)oc2ccccc23)c2ccc3c(c2)sc2nc(N(c4ccc5c(c4)oc4ccccc45)c4cccs4)ccc23)c1. The van der Waals surface area contributed by atoms with Crippen molar-refractivity contribution in [2.24, 2.45) is 0 Å². The van der Waals surface area contributed by atoms with Crippen LogP contribution >= 0.6 is 34.0 Å². The average Bonchev–Trinajstić information content (AvgIpc) is 4.01. The van der Waals surface area contributed by atoms with E-state index in [2.05, 4.69) is 136 Å². The molecule has 6 heterocycles. The number of nitrogens with zero attached hydrogens (tertiary/aromatic N) is 3. The number of aromatic nitrogens is 1. The molecule has 242 valence electrons. The lowest BCUT2D eigenvalue weighted by Crippen LogP contribution is -2.09. The summed E-state index contributed by atoms with van der Waals surface area (Å²) in [7, 11) is 0. The summed E-state index contributed by atoms with van der Waals surface area (Å²) in [4.78, 5) is 10.8. The topological polar surface area (TPSA) is 45.7 Å². The maximum atomic E-state index is 6.29. The number of rotatable bonds is 6. The minimum Gasteiger partial charge on any atom is -0.456 e. The van der Waals surface area contributed by atoms with Crippen LogP contribution in [-0.2, 0) is 0 Å². The van der Waals surface area contributed by atoms with Gasteiger partial charge in [0.15, 0.2) is 0 Å². The van der Waals surface area contributed by atoms with Crippen LogP contribution in [0.15, 0.2) is 159 Å². The minimum absolute atomic E-state index is 0.862. The number of thiophene rings is 3. The summed E-state index contributed by atoms with van der Waals surface area (Å²) in [5.74, 6) is 0.867. The Bertz CT molecular complexity index is 2860. The Morgan fingerprint density at radius 3 is 1.59 bits per heavy atom. The van der Waals surface area contributed by atoms with Gasteiger partial charge in [-0.2, -0.15) is 0 Å². The molecule has 0 spiro atoms. The zero-order valence-corrected chi connectivity index (χ0v) is 29.3. The van der Waals surface area contributed by atoms with Crippen LogP contribution in [0.2, 0.25) is 0 Å². The van der Waals surface area contributed by atoms with Gasteiger partial charge in [-0.05, 0) is 95.7 Å². The molecule has 0 aliphatic carbocycles. The molecule has 0 unspecified atom stereocenters. The normalized spacial score (nSPS) is 11.9. The van der Waals surface area contributed by atoms with E-state index >= 15 is 0 Å². The lowest BCUT2D eigenvalue weighted by molar-refractivity contribution is 0.668. The van der Waals surface area contributed by atoms with Gasteiger partial charge in [0.2, 0.25) is 0 Å². The molecule has 0 aliphatic rings. The van der Waals surface area contributed by atoms with E-state index < -0.39 is 0 Å². The number of pyridine rings is 1. The van der Waals surface area contributed by atoms with E-state index in [1.807, 2.05) is 24.3 Å². The van der Waals surface area contributed by atoms with Crippen molar-refractivity contribution in [2.75, 3.05) is 9.80 Å². The van der Waals surface area contributed by atoms with Crippen molar-refractivity contribution in [1.29, 1.82) is 0 Å². The molecule has 0 amide bonds. The molecule has 6 aromatic heterocycles. The Hall–Kier alpha value is -5.93. The van der Waals surface area contributed by atoms with Crippen LogP contribution in [0.5, 0.6) is 0 Å². The minimum atomic E-state index is 0.862. The van der Waals surface area contributed by atoms with E-state index in [0.717, 1.165) is 87.0 Å². The molecule has 0 aliphatic heterocycles. The molecule has 51 heavy (non-hydrogen) atoms. The second kappa shape index (κ2) is 11.3. The van der Waals surface area contributed by atoms with E-state index in [1.54, 1.807) is 34.0 Å². The van der Waals surface area contributed by atoms with Gasteiger partial charge in [-0.3, -0.25) is 4.90 Å². The molecule has 11 aromatic rings. The van der Waals surface area contributed by atoms with Crippen LogP contribution in [-0.4, -0.2) is 4.98 Å². The summed E-state index contributed by atoms with van der Waals surface area (Å²) in [6, 6.07) is 48.9. The van der Waals surface area contributed by atoms with Crippen LogP contribution in [0.1, 0.15) is 0 Å². The summed E-state index contributed by atoms with van der Waals surface area (Å²) in [6.07, 6.45) is 0. The smallest absolute Gasteiger partial charge is 0.139 e. The summed E-state index contributed by atoms with van der Waals surface area (Å²) in [5, 5.41) is 13.3. The Kier molecular flexibility index (Phi) is 6.39. The van der Waals surface area contributed by atoms with Crippen LogP contribution in [0.25, 0.3) is 64.2 Å². The third-order valence-corrected chi connectivity index (χ3v) is 12.3. The second-order valence-corrected chi connectivity index (χ2v) is 15.3. The number of para-hydroxylation sites is 2. The molecular weight excluding hydrogens is 687 g/mol. The molecule has 0 saturated carbocycles. The van der Waals surface area contributed by atoms with E-state index in [4.69, 9.17) is 13.8 Å². The van der Waals surface area contributed by atoms with Crippen molar-refractivity contribution in [3.63, 3.8) is 0 Å². The van der Waals surface area contributed by atoms with Crippen molar-refractivity contribution in [3.05, 3.63) is 150 Å². The predicted molar refractivity (Wildman–Crippen MR) is 217 cm³/mol. The van der Waals surface area contributed by atoms with E-state index in [0.29, 0.717) is 0 Å². The molecule has 5 aromatic carbocycles. The van der Waals surface area contributed by atoms with Crippen molar-refractivity contribution in [3.8, 4) is 0 Å². The highest BCUT2D eigenvalue weighted by molar-refractivity contribution is 7.25. The zero-order valence-electron chi connectivity index (χ0n) is 26.8. The fourth-order valence-electron chi connectivity index (χ4n) is 7.18. The zero-order chi connectivity index (χ0) is 33.5. The quantitative estimate of drug-likeness (QED) is 0.172. The number of hydrogen-bond donors (Lipinski definition) is 0. The maximum Gasteiger partial charge on any atom is 0.139 e. The van der Waals surface area contributed by atoms with Gasteiger partial charge < -0.3 is 13.7 Å². The Morgan fingerprint density at radius 1 is 0.431 bits per heavy atom. The summed E-state index contributed by atoms with van der Waals surface area (Å²) in [5.41, 5.74) is 6.68. The first-order valence-electron chi connectivity index (χ1n) is 16.6. The van der Waals surface area contributed by atoms with E-state index in [1.165, 1.54) is 10.1 Å². The highest BCUT2D eigenvalue weighted by atomic mass is 32.1. The lowest BCUT2D eigenvalue weighted by atomic mass is 10.1. The van der Waals surface area contributed by atoms with E-state index in [9.17, 15) is 0 Å². The van der Waals surface area contributed by atoms with Gasteiger partial charge in [-0.25, -0.2) is 4.98 Å². The highest BCUT2D eigenvalue weighted by Crippen LogP contribution is 2.45. The second-order valence-electron chi connectivity index (χ2n) is 12.4. The van der Waals surface area contributed by atoms with Gasteiger partial charge in [0, 0.05) is 54.8 Å². The molecule has 0 fully saturated rings. The van der Waals surface area contributed by atoms with Gasteiger partial charge >= 0.3 is 0 Å². The molecule has 0 N–H and O–H groups in total. The van der Waals surface area contributed by atoms with Crippen LogP contribution in [0.4, 0.5) is 32.9 Å². The molecule has 8 heteroatoms. The van der Waals surface area contributed by atoms with Crippen molar-refractivity contribution < 1.29 is 8.83 Å². The lowest BCUT2D eigenvalue weighted by Gasteiger charge is -2.23. The predicted octanol–water partition coefficient (Wildman–Crippen LogP) is 14.3. The number of hydrogen-bond acceptors (Lipinski definition) is 8. The van der Waals surface area contributed by atoms with Crippen LogP contribution < -0.4 is 9.80 Å². The number of benzene rings is 5. The summed E-state index contributed by atoms with van der Waals surface area (Å²) < 4.78 is 13.8. The number of furan rings is 2. The van der Waals surface area contributed by atoms with Gasteiger partial charge in [0.05, 0.1) is 16.4 Å². The van der Waals surface area contributed by atoms with Gasteiger partial charge in [0.25, 0.3) is 0 Å². The van der Waals surface area contributed by atoms with Crippen molar-refractivity contribution >= 4 is 131 Å². The summed E-state index contributed by atoms with van der Waals surface area (Å²) >= 11 is 5.14. The monoisotopic (exact) mass is 711 g/mol. The van der Waals surface area contributed by atoms with Crippen LogP contribution in [0.3, 0.4) is 0 Å². The first-order valence-corrected chi connectivity index (χ1v) is 19.2. The molecule has 11 rings (SSSR count). The first-order chi connectivity index (χ1) is 25.2. The molecule has 0 bridgehead atoms. The van der Waals surface area contributed by atoms with E-state index in [-0.39, 0.29) is 0 Å². The highest BCUT2D eigenvalue weighted by Gasteiger charge is 2.21. The third-order valence-electron chi connectivity index (χ3n) is 9.49. The van der Waals surface area contributed by atoms with Gasteiger partial charge in [-0.1, -0.05) is 42.5 Å². The molecule has 0 atom stereocenters. The average molecular weight is 712 g/mol. The molecule has 0 radical (unpaired) electrons. The first kappa shape index (κ1) is 28.9. The standard InChI is InChI=1S/C43H25N3O2S3/c1-3-9-35-29(7-1)31-16-13-26(23-37(31)47-35)45(41-11-5-21-49-41)28-15-18-33-34-19-20-40(44-43(34)51-39(33)25-28)46(42-12-6-22-50-42)27-14-17-32-30-8-2-4-10-36(30)48-38(32)24-27/h1-25H. The Morgan fingerprint density at radius 2 is 0.961 bits per heavy atom. The Labute approximate surface area is 303 Å². The molecular formula is C43H25N3O2S3. The fraction of sp³-hybridized carbons (Fsp3) is 0. The fourth-order valence-corrected chi connectivity index (χ4v) is 9.81. The summed E-state index contributed by atoms with van der Waals surface area (Å²) in [6.45, 7) is 0. The molecule has 0 saturated heterocycles. The van der Waals surface area contributed by atoms with Crippen molar-refractivity contribution in [1.82, 2.24) is 4.98 Å². The molecule has 5 nitrogen and oxygen atoms in total. The maximum absolute atomic E-state index is 6.29. The third kappa shape index (κ3) is 4.61. The number of fused-ring (bicyclic) bond motifs is 9. The van der Waals surface area contributed by atoms with Gasteiger partial charge in [-0.15, -0.1) is 34.0 Å². The van der Waals surface area contributed by atoms with Crippen molar-refractivity contribution in [2.45, 2.75) is 0 Å².